The first kappa shape index (κ1) is 12.0. The minimum absolute atomic E-state index is 0.553. The van der Waals surface area contributed by atoms with Crippen LogP contribution >= 0.6 is 22.6 Å². The molecule has 18 heavy (non-hydrogen) atoms. The number of hydrogen-bond acceptors (Lipinski definition) is 4. The molecular formula is C13H14IN3O. The molecule has 94 valence electrons. The maximum atomic E-state index is 5.96. The summed E-state index contributed by atoms with van der Waals surface area (Å²) >= 11 is 2.23. The minimum Gasteiger partial charge on any atom is -0.458 e. The lowest BCUT2D eigenvalue weighted by Gasteiger charge is -2.06. The van der Waals surface area contributed by atoms with Crippen molar-refractivity contribution in [2.24, 2.45) is 0 Å². The summed E-state index contributed by atoms with van der Waals surface area (Å²) in [4.78, 5) is 8.95. The SMILES string of the molecule is CCc1ccc(-c2nc(N)c(I)c(C3CC3)n2)o1. The van der Waals surface area contributed by atoms with E-state index in [0.717, 1.165) is 21.4 Å². The van der Waals surface area contributed by atoms with Gasteiger partial charge >= 0.3 is 0 Å². The predicted octanol–water partition coefficient (Wildman–Crippen LogP) is 3.36. The molecule has 4 nitrogen and oxygen atoms in total. The molecule has 0 aliphatic heterocycles. The van der Waals surface area contributed by atoms with E-state index in [1.54, 1.807) is 0 Å². The van der Waals surface area contributed by atoms with Crippen molar-refractivity contribution >= 4 is 28.4 Å². The zero-order valence-corrected chi connectivity index (χ0v) is 12.3. The Hall–Kier alpha value is -1.11. The van der Waals surface area contributed by atoms with Crippen LogP contribution in [0.25, 0.3) is 11.6 Å². The second kappa shape index (κ2) is 4.53. The van der Waals surface area contributed by atoms with Crippen molar-refractivity contribution < 1.29 is 4.42 Å². The zero-order valence-electron chi connectivity index (χ0n) is 10.1. The van der Waals surface area contributed by atoms with Gasteiger partial charge in [0.15, 0.2) is 11.6 Å². The molecule has 2 aromatic rings. The van der Waals surface area contributed by atoms with Crippen LogP contribution in [-0.2, 0) is 6.42 Å². The van der Waals surface area contributed by atoms with E-state index < -0.39 is 0 Å². The molecule has 0 atom stereocenters. The summed E-state index contributed by atoms with van der Waals surface area (Å²) in [5, 5.41) is 0. The van der Waals surface area contributed by atoms with Crippen LogP contribution in [0.15, 0.2) is 16.5 Å². The molecule has 1 saturated carbocycles. The molecule has 0 unspecified atom stereocenters. The molecular weight excluding hydrogens is 341 g/mol. The van der Waals surface area contributed by atoms with E-state index in [4.69, 9.17) is 10.2 Å². The Labute approximate surface area is 119 Å². The normalized spacial score (nSPS) is 15.0. The van der Waals surface area contributed by atoms with Crippen LogP contribution in [0.4, 0.5) is 5.82 Å². The summed E-state index contributed by atoms with van der Waals surface area (Å²) in [5.74, 6) is 3.36. The molecule has 0 bridgehead atoms. The molecule has 0 aromatic carbocycles. The van der Waals surface area contributed by atoms with Crippen molar-refractivity contribution in [3.63, 3.8) is 0 Å². The number of rotatable bonds is 3. The van der Waals surface area contributed by atoms with Gasteiger partial charge in [0.25, 0.3) is 0 Å². The molecule has 2 aromatic heterocycles. The number of hydrogen-bond donors (Lipinski definition) is 1. The number of aryl methyl sites for hydroxylation is 1. The van der Waals surface area contributed by atoms with Crippen LogP contribution < -0.4 is 5.73 Å². The van der Waals surface area contributed by atoms with Gasteiger partial charge in [0.2, 0.25) is 0 Å². The third-order valence-electron chi connectivity index (χ3n) is 3.10. The van der Waals surface area contributed by atoms with Crippen LogP contribution in [0.2, 0.25) is 0 Å². The van der Waals surface area contributed by atoms with Crippen LogP contribution in [0.5, 0.6) is 0 Å². The number of nitrogens with zero attached hydrogens (tertiary/aromatic N) is 2. The molecule has 2 N–H and O–H groups in total. The van der Waals surface area contributed by atoms with Crippen LogP contribution in [0.3, 0.4) is 0 Å². The summed E-state index contributed by atoms with van der Waals surface area (Å²) in [5.41, 5.74) is 7.04. The maximum absolute atomic E-state index is 5.96. The smallest absolute Gasteiger partial charge is 0.197 e. The summed E-state index contributed by atoms with van der Waals surface area (Å²) in [6.07, 6.45) is 3.27. The number of anilines is 1. The van der Waals surface area contributed by atoms with Crippen molar-refractivity contribution in [1.82, 2.24) is 9.97 Å². The Morgan fingerprint density at radius 1 is 1.39 bits per heavy atom. The fourth-order valence-electron chi connectivity index (χ4n) is 1.91. The Bertz CT molecular complexity index is 590. The van der Waals surface area contributed by atoms with E-state index in [1.165, 1.54) is 12.8 Å². The Balaban J connectivity index is 2.06. The highest BCUT2D eigenvalue weighted by molar-refractivity contribution is 14.1. The largest absolute Gasteiger partial charge is 0.458 e. The van der Waals surface area contributed by atoms with E-state index in [0.29, 0.717) is 23.3 Å². The van der Waals surface area contributed by atoms with Gasteiger partial charge in [-0.15, -0.1) is 0 Å². The summed E-state index contributed by atoms with van der Waals surface area (Å²) in [7, 11) is 0. The van der Waals surface area contributed by atoms with E-state index in [9.17, 15) is 0 Å². The average molecular weight is 355 g/mol. The molecule has 5 heteroatoms. The van der Waals surface area contributed by atoms with Gasteiger partial charge in [0.1, 0.15) is 11.6 Å². The highest BCUT2D eigenvalue weighted by Gasteiger charge is 2.29. The molecule has 0 radical (unpaired) electrons. The zero-order chi connectivity index (χ0) is 12.7. The molecule has 1 fully saturated rings. The summed E-state index contributed by atoms with van der Waals surface area (Å²) < 4.78 is 6.67. The van der Waals surface area contributed by atoms with E-state index >= 15 is 0 Å². The molecule has 1 aliphatic carbocycles. The number of halogens is 1. The third kappa shape index (κ3) is 2.11. The van der Waals surface area contributed by atoms with Gasteiger partial charge < -0.3 is 10.2 Å². The second-order valence-corrected chi connectivity index (χ2v) is 5.60. The minimum atomic E-state index is 0.553. The van der Waals surface area contributed by atoms with Gasteiger partial charge in [0, 0.05) is 12.3 Å². The van der Waals surface area contributed by atoms with Gasteiger partial charge in [0.05, 0.1) is 9.26 Å². The Morgan fingerprint density at radius 2 is 2.17 bits per heavy atom. The van der Waals surface area contributed by atoms with Crippen molar-refractivity contribution in [2.45, 2.75) is 32.1 Å². The Kier molecular flexibility index (Phi) is 3.01. The highest BCUT2D eigenvalue weighted by atomic mass is 127. The third-order valence-corrected chi connectivity index (χ3v) is 4.20. The topological polar surface area (TPSA) is 64.9 Å². The lowest BCUT2D eigenvalue weighted by molar-refractivity contribution is 0.525. The van der Waals surface area contributed by atoms with Gasteiger partial charge in [-0.2, -0.15) is 0 Å². The van der Waals surface area contributed by atoms with Crippen molar-refractivity contribution in [1.29, 1.82) is 0 Å². The van der Waals surface area contributed by atoms with Gasteiger partial charge in [-0.25, -0.2) is 9.97 Å². The number of nitrogen functional groups attached to an aromatic ring is 1. The summed E-state index contributed by atoms with van der Waals surface area (Å²) in [6.45, 7) is 2.06. The lowest BCUT2D eigenvalue weighted by Crippen LogP contribution is -2.03. The fraction of sp³-hybridized carbons (Fsp3) is 0.385. The molecule has 0 spiro atoms. The first-order chi connectivity index (χ1) is 8.69. The number of aromatic nitrogens is 2. The average Bonchev–Trinajstić information content (AvgIpc) is 3.09. The molecule has 3 rings (SSSR count). The first-order valence-corrected chi connectivity index (χ1v) is 7.19. The monoisotopic (exact) mass is 355 g/mol. The van der Waals surface area contributed by atoms with Crippen molar-refractivity contribution in [3.05, 3.63) is 27.2 Å². The van der Waals surface area contributed by atoms with Gasteiger partial charge in [-0.1, -0.05) is 6.92 Å². The molecule has 0 amide bonds. The van der Waals surface area contributed by atoms with Gasteiger partial charge in [-0.05, 0) is 47.6 Å². The van der Waals surface area contributed by atoms with E-state index in [-0.39, 0.29) is 0 Å². The standard InChI is InChI=1S/C13H14IN3O/c1-2-8-5-6-9(18-8)13-16-11(7-3-4-7)10(14)12(15)17-13/h5-7H,2-4H2,1H3,(H2,15,16,17). The number of furan rings is 1. The van der Waals surface area contributed by atoms with Crippen LogP contribution in [0.1, 0.15) is 37.1 Å². The quantitative estimate of drug-likeness (QED) is 0.858. The first-order valence-electron chi connectivity index (χ1n) is 6.11. The predicted molar refractivity (Wildman–Crippen MR) is 78.2 cm³/mol. The molecule has 1 aliphatic rings. The fourth-order valence-corrected chi connectivity index (χ4v) is 2.59. The van der Waals surface area contributed by atoms with Crippen molar-refractivity contribution in [3.8, 4) is 11.6 Å². The van der Waals surface area contributed by atoms with E-state index in [1.807, 2.05) is 12.1 Å². The highest BCUT2D eigenvalue weighted by Crippen LogP contribution is 2.42. The van der Waals surface area contributed by atoms with Crippen LogP contribution in [0, 0.1) is 3.57 Å². The Morgan fingerprint density at radius 3 is 2.78 bits per heavy atom. The van der Waals surface area contributed by atoms with Crippen molar-refractivity contribution in [2.75, 3.05) is 5.73 Å². The lowest BCUT2D eigenvalue weighted by atomic mass is 10.2. The maximum Gasteiger partial charge on any atom is 0.197 e. The summed E-state index contributed by atoms with van der Waals surface area (Å²) in [6, 6.07) is 3.88. The number of nitrogens with two attached hydrogens (primary N) is 1. The van der Waals surface area contributed by atoms with Gasteiger partial charge in [-0.3, -0.25) is 0 Å². The molecule has 0 saturated heterocycles. The van der Waals surface area contributed by atoms with E-state index in [2.05, 4.69) is 39.5 Å². The molecule has 2 heterocycles. The van der Waals surface area contributed by atoms with Crippen LogP contribution in [-0.4, -0.2) is 9.97 Å². The second-order valence-electron chi connectivity index (χ2n) is 4.53.